The summed E-state index contributed by atoms with van der Waals surface area (Å²) < 4.78 is 13.7. The maximum atomic E-state index is 13.7. The molecule has 1 atom stereocenters. The maximum Gasteiger partial charge on any atom is 0.247 e. The first kappa shape index (κ1) is 19.4. The fraction of sp³-hybridized carbons (Fsp3) is 0.600. The van der Waals surface area contributed by atoms with E-state index < -0.39 is 6.04 Å². The summed E-state index contributed by atoms with van der Waals surface area (Å²) in [4.78, 5) is 25.1. The highest BCUT2D eigenvalue weighted by Gasteiger charge is 2.29. The summed E-state index contributed by atoms with van der Waals surface area (Å²) in [6, 6.07) is 3.96. The van der Waals surface area contributed by atoms with Crippen LogP contribution in [0.15, 0.2) is 18.2 Å². The minimum Gasteiger partial charge on any atom is -0.344 e. The largest absolute Gasteiger partial charge is 0.344 e. The van der Waals surface area contributed by atoms with Crippen molar-refractivity contribution in [3.05, 3.63) is 29.6 Å². The highest BCUT2D eigenvalue weighted by atomic mass is 19.1. The van der Waals surface area contributed by atoms with Gasteiger partial charge in [-0.3, -0.25) is 9.59 Å². The molecular weight excluding hydrogens is 319 g/mol. The van der Waals surface area contributed by atoms with Gasteiger partial charge in [0.15, 0.2) is 0 Å². The van der Waals surface area contributed by atoms with Crippen LogP contribution in [-0.2, 0) is 9.59 Å². The van der Waals surface area contributed by atoms with E-state index in [1.165, 1.54) is 6.07 Å². The Morgan fingerprint density at radius 2 is 1.80 bits per heavy atom. The van der Waals surface area contributed by atoms with Crippen LogP contribution in [0.25, 0.3) is 0 Å². The second kappa shape index (κ2) is 8.45. The molecule has 0 unspecified atom stereocenters. The Balaban J connectivity index is 2.00. The van der Waals surface area contributed by atoms with Crippen molar-refractivity contribution in [3.8, 4) is 0 Å². The molecule has 0 aliphatic heterocycles. The van der Waals surface area contributed by atoms with Gasteiger partial charge in [-0.2, -0.15) is 0 Å². The van der Waals surface area contributed by atoms with Crippen molar-refractivity contribution in [2.75, 3.05) is 5.32 Å². The average molecular weight is 348 g/mol. The summed E-state index contributed by atoms with van der Waals surface area (Å²) in [6.07, 6.45) is 3.86. The van der Waals surface area contributed by atoms with Crippen LogP contribution < -0.4 is 10.6 Å². The summed E-state index contributed by atoms with van der Waals surface area (Å²) >= 11 is 0. The quantitative estimate of drug-likeness (QED) is 0.844. The third kappa shape index (κ3) is 5.28. The number of anilines is 1. The van der Waals surface area contributed by atoms with Crippen molar-refractivity contribution in [2.24, 2.45) is 17.8 Å². The number of carbonyl (C=O) groups is 2. The molecule has 0 radical (unpaired) electrons. The number of hydrogen-bond donors (Lipinski definition) is 2. The molecule has 0 heterocycles. The van der Waals surface area contributed by atoms with Crippen molar-refractivity contribution in [3.63, 3.8) is 0 Å². The van der Waals surface area contributed by atoms with Gasteiger partial charge in [0.25, 0.3) is 0 Å². The van der Waals surface area contributed by atoms with Crippen LogP contribution in [0, 0.1) is 30.5 Å². The number of halogens is 1. The standard InChI is InChI=1S/C20H29FN2O2/c1-12(2)18(23-19(24)15-8-5-13(3)6-9-15)20(25)22-16-10-7-14(4)17(21)11-16/h7,10-13,15,18H,5-6,8-9H2,1-4H3,(H,22,25)(H,23,24)/t13?,15?,18-/m1/s1. The van der Waals surface area contributed by atoms with Crippen molar-refractivity contribution in [1.29, 1.82) is 0 Å². The van der Waals surface area contributed by atoms with Gasteiger partial charge >= 0.3 is 0 Å². The zero-order valence-corrected chi connectivity index (χ0v) is 15.6. The number of hydrogen-bond acceptors (Lipinski definition) is 2. The zero-order valence-electron chi connectivity index (χ0n) is 15.6. The SMILES string of the molecule is Cc1ccc(NC(=O)[C@H](NC(=O)C2CCC(C)CC2)C(C)C)cc1F. The zero-order chi connectivity index (χ0) is 18.6. The van der Waals surface area contributed by atoms with Crippen LogP contribution in [0.3, 0.4) is 0 Å². The Labute approximate surface area is 149 Å². The van der Waals surface area contributed by atoms with Crippen LogP contribution >= 0.6 is 0 Å². The summed E-state index contributed by atoms with van der Waals surface area (Å²) in [5.74, 6) is -0.112. The first-order valence-electron chi connectivity index (χ1n) is 9.15. The molecule has 1 saturated carbocycles. The fourth-order valence-electron chi connectivity index (χ4n) is 3.22. The van der Waals surface area contributed by atoms with Crippen molar-refractivity contribution in [1.82, 2.24) is 5.32 Å². The fourth-order valence-corrected chi connectivity index (χ4v) is 3.22. The van der Waals surface area contributed by atoms with Crippen LogP contribution in [0.4, 0.5) is 10.1 Å². The number of aryl methyl sites for hydroxylation is 1. The van der Waals surface area contributed by atoms with E-state index in [2.05, 4.69) is 17.6 Å². The number of amides is 2. The first-order valence-corrected chi connectivity index (χ1v) is 9.15. The molecule has 1 fully saturated rings. The van der Waals surface area contributed by atoms with E-state index in [0.29, 0.717) is 17.2 Å². The lowest BCUT2D eigenvalue weighted by atomic mass is 9.82. The lowest BCUT2D eigenvalue weighted by Crippen LogP contribution is -2.49. The molecule has 0 saturated heterocycles. The van der Waals surface area contributed by atoms with Crippen molar-refractivity contribution < 1.29 is 14.0 Å². The van der Waals surface area contributed by atoms with Gasteiger partial charge in [-0.05, 0) is 62.1 Å². The molecule has 5 heteroatoms. The van der Waals surface area contributed by atoms with E-state index in [9.17, 15) is 14.0 Å². The Hall–Kier alpha value is -1.91. The Bertz CT molecular complexity index is 622. The molecule has 2 N–H and O–H groups in total. The van der Waals surface area contributed by atoms with E-state index in [4.69, 9.17) is 0 Å². The number of rotatable bonds is 5. The Kier molecular flexibility index (Phi) is 6.57. The van der Waals surface area contributed by atoms with Gasteiger partial charge in [0, 0.05) is 11.6 Å². The predicted molar refractivity (Wildman–Crippen MR) is 97.7 cm³/mol. The molecule has 0 bridgehead atoms. The molecule has 0 spiro atoms. The van der Waals surface area contributed by atoms with Gasteiger partial charge in [-0.1, -0.05) is 26.8 Å². The predicted octanol–water partition coefficient (Wildman–Crippen LogP) is 4.04. The number of benzene rings is 1. The highest BCUT2D eigenvalue weighted by Crippen LogP contribution is 2.28. The smallest absolute Gasteiger partial charge is 0.247 e. The molecule has 1 aliphatic rings. The second-order valence-electron chi connectivity index (χ2n) is 7.64. The van der Waals surface area contributed by atoms with Gasteiger partial charge in [-0.15, -0.1) is 0 Å². The molecule has 2 rings (SSSR count). The molecule has 138 valence electrons. The van der Waals surface area contributed by atoms with Crippen molar-refractivity contribution in [2.45, 2.75) is 59.4 Å². The minimum absolute atomic E-state index is 0.0120. The van der Waals surface area contributed by atoms with E-state index in [-0.39, 0.29) is 29.5 Å². The van der Waals surface area contributed by atoms with Gasteiger partial charge in [0.05, 0.1) is 0 Å². The van der Waals surface area contributed by atoms with Crippen LogP contribution in [0.2, 0.25) is 0 Å². The topological polar surface area (TPSA) is 58.2 Å². The lowest BCUT2D eigenvalue weighted by molar-refractivity contribution is -0.131. The summed E-state index contributed by atoms with van der Waals surface area (Å²) in [5.41, 5.74) is 0.928. The molecule has 1 aromatic rings. The molecular formula is C20H29FN2O2. The number of nitrogens with one attached hydrogen (secondary N) is 2. The highest BCUT2D eigenvalue weighted by molar-refractivity contribution is 5.97. The van der Waals surface area contributed by atoms with E-state index in [1.807, 2.05) is 13.8 Å². The molecule has 2 amide bonds. The third-order valence-corrected chi connectivity index (χ3v) is 5.07. The third-order valence-electron chi connectivity index (χ3n) is 5.07. The Morgan fingerprint density at radius 1 is 1.16 bits per heavy atom. The van der Waals surface area contributed by atoms with E-state index >= 15 is 0 Å². The molecule has 0 aromatic heterocycles. The molecule has 1 aliphatic carbocycles. The monoisotopic (exact) mass is 348 g/mol. The lowest BCUT2D eigenvalue weighted by Gasteiger charge is -2.28. The van der Waals surface area contributed by atoms with E-state index in [0.717, 1.165) is 25.7 Å². The second-order valence-corrected chi connectivity index (χ2v) is 7.64. The van der Waals surface area contributed by atoms with Gasteiger partial charge in [-0.25, -0.2) is 4.39 Å². The van der Waals surface area contributed by atoms with Crippen LogP contribution in [0.1, 0.15) is 52.0 Å². The summed E-state index contributed by atoms with van der Waals surface area (Å²) in [6.45, 7) is 7.66. The Morgan fingerprint density at radius 3 is 2.36 bits per heavy atom. The molecule has 25 heavy (non-hydrogen) atoms. The van der Waals surface area contributed by atoms with E-state index in [1.54, 1.807) is 19.1 Å². The van der Waals surface area contributed by atoms with Gasteiger partial charge < -0.3 is 10.6 Å². The maximum absolute atomic E-state index is 13.7. The van der Waals surface area contributed by atoms with Gasteiger partial charge in [0.1, 0.15) is 11.9 Å². The molecule has 1 aromatic carbocycles. The van der Waals surface area contributed by atoms with Gasteiger partial charge in [0.2, 0.25) is 11.8 Å². The summed E-state index contributed by atoms with van der Waals surface area (Å²) in [5, 5.41) is 5.62. The van der Waals surface area contributed by atoms with Crippen LogP contribution in [-0.4, -0.2) is 17.9 Å². The average Bonchev–Trinajstić information content (AvgIpc) is 2.56. The van der Waals surface area contributed by atoms with Crippen LogP contribution in [0.5, 0.6) is 0 Å². The van der Waals surface area contributed by atoms with Crippen molar-refractivity contribution >= 4 is 17.5 Å². The molecule has 4 nitrogen and oxygen atoms in total. The normalized spacial score (nSPS) is 21.7. The first-order chi connectivity index (χ1) is 11.8. The number of carbonyl (C=O) groups excluding carboxylic acids is 2. The summed E-state index contributed by atoms with van der Waals surface area (Å²) in [7, 11) is 0. The minimum atomic E-state index is -0.629.